The van der Waals surface area contributed by atoms with E-state index in [1.165, 1.54) is 48.2 Å². The molecule has 0 unspecified atom stereocenters. The second-order valence-corrected chi connectivity index (χ2v) is 9.66. The third-order valence-corrected chi connectivity index (χ3v) is 7.01. The molecule has 4 nitrogen and oxygen atoms in total. The summed E-state index contributed by atoms with van der Waals surface area (Å²) in [5.41, 5.74) is 2.47. The lowest BCUT2D eigenvalue weighted by Gasteiger charge is -2.22. The molecule has 1 fully saturated rings. The molecule has 0 atom stereocenters. The first-order valence-electron chi connectivity index (χ1n) is 11.4. The first-order valence-corrected chi connectivity index (χ1v) is 12.6. The Bertz CT molecular complexity index is 955. The summed E-state index contributed by atoms with van der Waals surface area (Å²) in [6, 6.07) is 14.4. The molecule has 3 aromatic rings. The van der Waals surface area contributed by atoms with E-state index < -0.39 is 0 Å². The van der Waals surface area contributed by atoms with Crippen LogP contribution in [0.4, 0.5) is 0 Å². The molecule has 31 heavy (non-hydrogen) atoms. The molecule has 1 saturated heterocycles. The van der Waals surface area contributed by atoms with E-state index in [4.69, 9.17) is 16.3 Å². The van der Waals surface area contributed by atoms with Gasteiger partial charge in [-0.1, -0.05) is 17.7 Å². The van der Waals surface area contributed by atoms with Gasteiger partial charge in [0, 0.05) is 33.6 Å². The molecular formula is C25H32ClN3OS. The van der Waals surface area contributed by atoms with Crippen molar-refractivity contribution < 1.29 is 4.74 Å². The standard InChI is InChI=1S/C25H32ClN3OS/c26-21-8-9-25-24(16-21)20(18-28-25)5-2-12-29-31-23-7-1-6-22(17-23)30-15-3-4-19-10-13-27-14-11-19/h1,6-9,16-19,27-29H,2-5,10-15H2. The number of nitrogens with one attached hydrogen (secondary N) is 3. The number of ether oxygens (including phenoxy) is 1. The average molecular weight is 458 g/mol. The fraction of sp³-hybridized carbons (Fsp3) is 0.440. The third-order valence-electron chi connectivity index (χ3n) is 5.93. The van der Waals surface area contributed by atoms with Crippen molar-refractivity contribution in [3.8, 4) is 5.75 Å². The number of aromatic nitrogens is 1. The largest absolute Gasteiger partial charge is 0.494 e. The summed E-state index contributed by atoms with van der Waals surface area (Å²) in [6.45, 7) is 4.10. The van der Waals surface area contributed by atoms with Crippen LogP contribution in [0.3, 0.4) is 0 Å². The van der Waals surface area contributed by atoms with Crippen molar-refractivity contribution in [1.29, 1.82) is 0 Å². The van der Waals surface area contributed by atoms with Crippen molar-refractivity contribution >= 4 is 34.5 Å². The van der Waals surface area contributed by atoms with E-state index in [1.54, 1.807) is 11.9 Å². The van der Waals surface area contributed by atoms with Gasteiger partial charge in [0.15, 0.2) is 0 Å². The van der Waals surface area contributed by atoms with Crippen molar-refractivity contribution in [2.45, 2.75) is 43.4 Å². The van der Waals surface area contributed by atoms with Crippen LogP contribution in [0.2, 0.25) is 5.02 Å². The summed E-state index contributed by atoms with van der Waals surface area (Å²) < 4.78 is 9.47. The minimum atomic E-state index is 0.787. The van der Waals surface area contributed by atoms with E-state index in [0.29, 0.717) is 0 Å². The van der Waals surface area contributed by atoms with Crippen LogP contribution in [-0.4, -0.2) is 31.2 Å². The quantitative estimate of drug-likeness (QED) is 0.236. The van der Waals surface area contributed by atoms with Gasteiger partial charge in [-0.2, -0.15) is 0 Å². The first kappa shape index (κ1) is 22.5. The molecule has 0 aliphatic carbocycles. The van der Waals surface area contributed by atoms with Gasteiger partial charge in [0.2, 0.25) is 0 Å². The van der Waals surface area contributed by atoms with Crippen LogP contribution in [0.25, 0.3) is 10.9 Å². The predicted molar refractivity (Wildman–Crippen MR) is 132 cm³/mol. The summed E-state index contributed by atoms with van der Waals surface area (Å²) in [5.74, 6) is 1.84. The number of benzene rings is 2. The zero-order valence-electron chi connectivity index (χ0n) is 18.0. The number of halogens is 1. The van der Waals surface area contributed by atoms with Gasteiger partial charge in [-0.15, -0.1) is 0 Å². The molecule has 1 aliphatic heterocycles. The highest BCUT2D eigenvalue weighted by Gasteiger charge is 2.12. The fourth-order valence-electron chi connectivity index (χ4n) is 4.20. The van der Waals surface area contributed by atoms with Crippen LogP contribution in [0.5, 0.6) is 5.75 Å². The second-order valence-electron chi connectivity index (χ2n) is 8.26. The van der Waals surface area contributed by atoms with Gasteiger partial charge in [0.1, 0.15) is 5.75 Å². The smallest absolute Gasteiger partial charge is 0.120 e. The van der Waals surface area contributed by atoms with Gasteiger partial charge < -0.3 is 15.0 Å². The lowest BCUT2D eigenvalue weighted by atomic mass is 9.93. The minimum Gasteiger partial charge on any atom is -0.494 e. The summed E-state index contributed by atoms with van der Waals surface area (Å²) in [7, 11) is 0. The predicted octanol–water partition coefficient (Wildman–Crippen LogP) is 6.21. The van der Waals surface area contributed by atoms with Gasteiger partial charge in [-0.3, -0.25) is 4.72 Å². The summed E-state index contributed by atoms with van der Waals surface area (Å²) >= 11 is 7.82. The Hall–Kier alpha value is -1.66. The van der Waals surface area contributed by atoms with Gasteiger partial charge in [0.05, 0.1) is 6.61 Å². The molecule has 166 valence electrons. The van der Waals surface area contributed by atoms with Crippen molar-refractivity contribution in [2.75, 3.05) is 26.2 Å². The maximum absolute atomic E-state index is 6.15. The fourth-order valence-corrected chi connectivity index (χ4v) is 5.11. The molecule has 4 rings (SSSR count). The molecule has 1 aromatic heterocycles. The van der Waals surface area contributed by atoms with Gasteiger partial charge >= 0.3 is 0 Å². The van der Waals surface area contributed by atoms with Gasteiger partial charge in [0.25, 0.3) is 0 Å². The number of hydrogen-bond acceptors (Lipinski definition) is 4. The van der Waals surface area contributed by atoms with Gasteiger partial charge in [-0.05, 0) is 111 Å². The number of aryl methyl sites for hydroxylation is 1. The number of piperidine rings is 1. The SMILES string of the molecule is Clc1ccc2[nH]cc(CCCNSc3cccc(OCCCC4CCNCC4)c3)c2c1. The monoisotopic (exact) mass is 457 g/mol. The molecule has 0 radical (unpaired) electrons. The average Bonchev–Trinajstić information content (AvgIpc) is 3.19. The normalized spacial score (nSPS) is 14.9. The number of H-pyrrole nitrogens is 1. The molecular weight excluding hydrogens is 426 g/mol. The summed E-state index contributed by atoms with van der Waals surface area (Å²) in [4.78, 5) is 4.52. The van der Waals surface area contributed by atoms with Crippen LogP contribution in [0.15, 0.2) is 53.6 Å². The van der Waals surface area contributed by atoms with Crippen molar-refractivity contribution in [1.82, 2.24) is 15.0 Å². The Morgan fingerprint density at radius 1 is 1.10 bits per heavy atom. The zero-order chi connectivity index (χ0) is 21.3. The van der Waals surface area contributed by atoms with E-state index in [-0.39, 0.29) is 0 Å². The number of rotatable bonds is 11. The highest BCUT2D eigenvalue weighted by molar-refractivity contribution is 7.97. The van der Waals surface area contributed by atoms with E-state index >= 15 is 0 Å². The van der Waals surface area contributed by atoms with E-state index in [9.17, 15) is 0 Å². The third kappa shape index (κ3) is 6.91. The Morgan fingerprint density at radius 3 is 2.90 bits per heavy atom. The molecule has 0 saturated carbocycles. The van der Waals surface area contributed by atoms with Crippen LogP contribution in [0, 0.1) is 5.92 Å². The molecule has 0 spiro atoms. The van der Waals surface area contributed by atoms with Crippen molar-refractivity contribution in [3.63, 3.8) is 0 Å². The van der Waals surface area contributed by atoms with Gasteiger partial charge in [-0.25, -0.2) is 0 Å². The topological polar surface area (TPSA) is 49.1 Å². The maximum atomic E-state index is 6.15. The maximum Gasteiger partial charge on any atom is 0.120 e. The van der Waals surface area contributed by atoms with Crippen molar-refractivity contribution in [2.24, 2.45) is 5.92 Å². The molecule has 6 heteroatoms. The molecule has 3 N–H and O–H groups in total. The number of hydrogen-bond donors (Lipinski definition) is 3. The molecule has 0 amide bonds. The van der Waals surface area contributed by atoms with E-state index in [0.717, 1.165) is 54.6 Å². The zero-order valence-corrected chi connectivity index (χ0v) is 19.5. The lowest BCUT2D eigenvalue weighted by molar-refractivity contribution is 0.273. The van der Waals surface area contributed by atoms with Crippen LogP contribution in [0.1, 0.15) is 37.7 Å². The molecule has 2 aromatic carbocycles. The Morgan fingerprint density at radius 2 is 2.00 bits per heavy atom. The lowest BCUT2D eigenvalue weighted by Crippen LogP contribution is -2.27. The Balaban J connectivity index is 1.14. The molecule has 2 heterocycles. The van der Waals surface area contributed by atoms with E-state index in [1.807, 2.05) is 18.2 Å². The van der Waals surface area contributed by atoms with Crippen LogP contribution in [-0.2, 0) is 6.42 Å². The highest BCUT2D eigenvalue weighted by Crippen LogP contribution is 2.24. The van der Waals surface area contributed by atoms with Crippen LogP contribution >= 0.6 is 23.5 Å². The number of aromatic amines is 1. The summed E-state index contributed by atoms with van der Waals surface area (Å²) in [6.07, 6.45) is 9.23. The Kier molecular flexibility index (Phi) is 8.59. The van der Waals surface area contributed by atoms with Crippen LogP contribution < -0.4 is 14.8 Å². The highest BCUT2D eigenvalue weighted by atomic mass is 35.5. The Labute approximate surface area is 194 Å². The minimum absolute atomic E-state index is 0.787. The molecule has 0 bridgehead atoms. The number of fused-ring (bicyclic) bond motifs is 1. The second kappa shape index (κ2) is 11.8. The first-order chi connectivity index (χ1) is 15.3. The van der Waals surface area contributed by atoms with Crippen molar-refractivity contribution in [3.05, 3.63) is 59.2 Å². The van der Waals surface area contributed by atoms with E-state index in [2.05, 4.69) is 45.5 Å². The molecule has 1 aliphatic rings. The summed E-state index contributed by atoms with van der Waals surface area (Å²) in [5, 5.41) is 5.45.